The van der Waals surface area contributed by atoms with Gasteiger partial charge in [-0.15, -0.1) is 0 Å². The Bertz CT molecular complexity index is 474. The van der Waals surface area contributed by atoms with Crippen molar-refractivity contribution >= 4 is 11.6 Å². The van der Waals surface area contributed by atoms with Crippen molar-refractivity contribution in [3.63, 3.8) is 0 Å². The summed E-state index contributed by atoms with van der Waals surface area (Å²) in [6.07, 6.45) is 3.46. The van der Waals surface area contributed by atoms with Crippen molar-refractivity contribution in [2.24, 2.45) is 11.8 Å². The topological polar surface area (TPSA) is 41.1 Å². The molecule has 1 aliphatic carbocycles. The highest BCUT2D eigenvalue weighted by Gasteiger charge is 2.25. The van der Waals surface area contributed by atoms with E-state index < -0.39 is 0 Å². The van der Waals surface area contributed by atoms with Gasteiger partial charge in [0, 0.05) is 18.8 Å². The number of amides is 1. The predicted octanol–water partition coefficient (Wildman–Crippen LogP) is 3.59. The predicted molar refractivity (Wildman–Crippen MR) is 84.2 cm³/mol. The monoisotopic (exact) mass is 274 g/mol. The minimum Gasteiger partial charge on any atom is -0.387 e. The Morgan fingerprint density at radius 3 is 2.40 bits per heavy atom. The van der Waals surface area contributed by atoms with E-state index in [1.54, 1.807) is 0 Å². The number of nitrogens with one attached hydrogen (secondary N) is 2. The van der Waals surface area contributed by atoms with Crippen molar-refractivity contribution in [2.45, 2.75) is 46.1 Å². The van der Waals surface area contributed by atoms with Crippen LogP contribution in [0.25, 0.3) is 0 Å². The molecule has 1 fully saturated rings. The molecule has 1 aromatic rings. The quantitative estimate of drug-likeness (QED) is 0.884. The summed E-state index contributed by atoms with van der Waals surface area (Å²) >= 11 is 0. The molecule has 1 saturated carbocycles. The van der Waals surface area contributed by atoms with Gasteiger partial charge in [0.15, 0.2) is 0 Å². The molecular formula is C17H26N2O. The normalized spacial score (nSPS) is 26.1. The standard InChI is InChI=1S/C17H26N2O/c1-11-5-6-16(18-4)15(10-11)17(20)19-14-8-12(2)7-13(3)9-14/h5-6,10,12-14,18H,7-9H2,1-4H3,(H,19,20). The van der Waals surface area contributed by atoms with E-state index in [9.17, 15) is 4.79 Å². The summed E-state index contributed by atoms with van der Waals surface area (Å²) in [4.78, 5) is 12.5. The van der Waals surface area contributed by atoms with Crippen molar-refractivity contribution in [1.82, 2.24) is 5.32 Å². The van der Waals surface area contributed by atoms with Crippen LogP contribution in [0.4, 0.5) is 5.69 Å². The smallest absolute Gasteiger partial charge is 0.253 e. The van der Waals surface area contributed by atoms with Crippen LogP contribution in [0.1, 0.15) is 49.0 Å². The Labute approximate surface area is 122 Å². The average Bonchev–Trinajstić information content (AvgIpc) is 2.37. The highest BCUT2D eigenvalue weighted by atomic mass is 16.1. The number of hydrogen-bond acceptors (Lipinski definition) is 2. The van der Waals surface area contributed by atoms with Gasteiger partial charge in [-0.2, -0.15) is 0 Å². The summed E-state index contributed by atoms with van der Waals surface area (Å²) in [6.45, 7) is 6.57. The third-order valence-corrected chi connectivity index (χ3v) is 4.20. The summed E-state index contributed by atoms with van der Waals surface area (Å²) in [7, 11) is 1.85. The Morgan fingerprint density at radius 2 is 1.80 bits per heavy atom. The van der Waals surface area contributed by atoms with Crippen LogP contribution in [0.5, 0.6) is 0 Å². The van der Waals surface area contributed by atoms with E-state index >= 15 is 0 Å². The van der Waals surface area contributed by atoms with Gasteiger partial charge in [-0.25, -0.2) is 0 Å². The van der Waals surface area contributed by atoms with E-state index in [1.165, 1.54) is 6.42 Å². The number of anilines is 1. The molecule has 1 aliphatic rings. The summed E-state index contributed by atoms with van der Waals surface area (Å²) in [5, 5.41) is 6.32. The molecule has 2 rings (SSSR count). The third kappa shape index (κ3) is 3.53. The SMILES string of the molecule is CNc1ccc(C)cc1C(=O)NC1CC(C)CC(C)C1. The van der Waals surface area contributed by atoms with Gasteiger partial charge in [-0.3, -0.25) is 4.79 Å². The zero-order chi connectivity index (χ0) is 14.7. The molecule has 0 radical (unpaired) electrons. The van der Waals surface area contributed by atoms with Gasteiger partial charge in [0.1, 0.15) is 0 Å². The van der Waals surface area contributed by atoms with Crippen LogP contribution in [-0.4, -0.2) is 19.0 Å². The lowest BCUT2D eigenvalue weighted by molar-refractivity contribution is 0.0912. The average molecular weight is 274 g/mol. The summed E-state index contributed by atoms with van der Waals surface area (Å²) in [5.74, 6) is 1.44. The maximum Gasteiger partial charge on any atom is 0.253 e. The molecule has 3 nitrogen and oxygen atoms in total. The molecule has 0 saturated heterocycles. The molecule has 20 heavy (non-hydrogen) atoms. The minimum atomic E-state index is 0.0457. The summed E-state index contributed by atoms with van der Waals surface area (Å²) in [6, 6.07) is 6.26. The lowest BCUT2D eigenvalue weighted by atomic mass is 9.80. The fraction of sp³-hybridized carbons (Fsp3) is 0.588. The Morgan fingerprint density at radius 1 is 1.15 bits per heavy atom. The highest BCUT2D eigenvalue weighted by Crippen LogP contribution is 2.29. The molecule has 2 N–H and O–H groups in total. The second kappa shape index (κ2) is 6.29. The number of rotatable bonds is 3. The van der Waals surface area contributed by atoms with Crippen LogP contribution in [-0.2, 0) is 0 Å². The van der Waals surface area contributed by atoms with Crippen LogP contribution in [0, 0.1) is 18.8 Å². The first-order chi connectivity index (χ1) is 9.49. The maximum absolute atomic E-state index is 12.5. The molecule has 0 aromatic heterocycles. The number of carbonyl (C=O) groups excluding carboxylic acids is 1. The number of benzene rings is 1. The Hall–Kier alpha value is -1.51. The highest BCUT2D eigenvalue weighted by molar-refractivity contribution is 6.00. The Kier molecular flexibility index (Phi) is 4.69. The fourth-order valence-corrected chi connectivity index (χ4v) is 3.39. The second-order valence-corrected chi connectivity index (χ2v) is 6.39. The molecule has 2 atom stereocenters. The van der Waals surface area contributed by atoms with Gasteiger partial charge in [0.25, 0.3) is 5.91 Å². The van der Waals surface area contributed by atoms with Gasteiger partial charge in [0.05, 0.1) is 5.56 Å². The number of aryl methyl sites for hydroxylation is 1. The van der Waals surface area contributed by atoms with E-state index in [1.807, 2.05) is 32.2 Å². The van der Waals surface area contributed by atoms with E-state index in [4.69, 9.17) is 0 Å². The Balaban J connectivity index is 2.10. The largest absolute Gasteiger partial charge is 0.387 e. The maximum atomic E-state index is 12.5. The zero-order valence-electron chi connectivity index (χ0n) is 13.0. The van der Waals surface area contributed by atoms with Crippen LogP contribution in [0.2, 0.25) is 0 Å². The van der Waals surface area contributed by atoms with Crippen LogP contribution in [0.15, 0.2) is 18.2 Å². The molecule has 0 heterocycles. The van der Waals surface area contributed by atoms with E-state index in [0.29, 0.717) is 17.9 Å². The van der Waals surface area contributed by atoms with Gasteiger partial charge < -0.3 is 10.6 Å². The minimum absolute atomic E-state index is 0.0457. The molecule has 1 aromatic carbocycles. The zero-order valence-corrected chi connectivity index (χ0v) is 13.0. The second-order valence-electron chi connectivity index (χ2n) is 6.39. The van der Waals surface area contributed by atoms with Gasteiger partial charge in [0.2, 0.25) is 0 Å². The number of hydrogen-bond donors (Lipinski definition) is 2. The van der Waals surface area contributed by atoms with Crippen molar-refractivity contribution in [3.05, 3.63) is 29.3 Å². The lowest BCUT2D eigenvalue weighted by Crippen LogP contribution is -2.40. The van der Waals surface area contributed by atoms with Crippen LogP contribution in [0.3, 0.4) is 0 Å². The van der Waals surface area contributed by atoms with Crippen LogP contribution >= 0.6 is 0 Å². The van der Waals surface area contributed by atoms with Gasteiger partial charge >= 0.3 is 0 Å². The lowest BCUT2D eigenvalue weighted by Gasteiger charge is -2.32. The van der Waals surface area contributed by atoms with E-state index in [-0.39, 0.29) is 5.91 Å². The van der Waals surface area contributed by atoms with E-state index in [0.717, 1.165) is 29.7 Å². The van der Waals surface area contributed by atoms with Crippen molar-refractivity contribution < 1.29 is 4.79 Å². The first kappa shape index (κ1) is 14.9. The fourth-order valence-electron chi connectivity index (χ4n) is 3.39. The van der Waals surface area contributed by atoms with Crippen molar-refractivity contribution in [2.75, 3.05) is 12.4 Å². The molecule has 2 unspecified atom stereocenters. The third-order valence-electron chi connectivity index (χ3n) is 4.20. The van der Waals surface area contributed by atoms with E-state index in [2.05, 4.69) is 24.5 Å². The first-order valence-corrected chi connectivity index (χ1v) is 7.59. The summed E-state index contributed by atoms with van der Waals surface area (Å²) < 4.78 is 0. The molecule has 3 heteroatoms. The molecule has 0 spiro atoms. The molecule has 0 bridgehead atoms. The van der Waals surface area contributed by atoms with Gasteiger partial charge in [-0.05, 0) is 50.2 Å². The van der Waals surface area contributed by atoms with Crippen molar-refractivity contribution in [3.8, 4) is 0 Å². The van der Waals surface area contributed by atoms with Gasteiger partial charge in [-0.1, -0.05) is 25.5 Å². The summed E-state index contributed by atoms with van der Waals surface area (Å²) in [5.41, 5.74) is 2.75. The number of carbonyl (C=O) groups is 1. The van der Waals surface area contributed by atoms with Crippen LogP contribution < -0.4 is 10.6 Å². The molecule has 110 valence electrons. The molecular weight excluding hydrogens is 248 g/mol. The first-order valence-electron chi connectivity index (χ1n) is 7.59. The molecule has 1 amide bonds. The molecule has 0 aliphatic heterocycles. The van der Waals surface area contributed by atoms with Crippen molar-refractivity contribution in [1.29, 1.82) is 0 Å².